The Morgan fingerprint density at radius 2 is 1.37 bits per heavy atom. The number of carbonyl (C=O) groups excluding carboxylic acids is 1. The summed E-state index contributed by atoms with van der Waals surface area (Å²) in [5.41, 5.74) is 5.28. The first-order chi connectivity index (χ1) is 14.6. The topological polar surface area (TPSA) is 97.2 Å². The quantitative estimate of drug-likeness (QED) is 0.421. The van der Waals surface area contributed by atoms with Crippen molar-refractivity contribution in [2.24, 2.45) is 5.10 Å². The molecule has 0 aromatic heterocycles. The van der Waals surface area contributed by atoms with Gasteiger partial charge in [-0.3, -0.25) is 4.79 Å². The molecule has 0 saturated heterocycles. The second-order valence-corrected chi connectivity index (χ2v) is 6.22. The Kier molecular flexibility index (Phi) is 7.16. The van der Waals surface area contributed by atoms with E-state index in [-0.39, 0.29) is 12.5 Å². The lowest BCUT2D eigenvalue weighted by molar-refractivity contribution is -0.139. The van der Waals surface area contributed by atoms with Gasteiger partial charge in [0.25, 0.3) is 5.91 Å². The van der Waals surface area contributed by atoms with Crippen molar-refractivity contribution in [3.8, 4) is 22.6 Å². The second-order valence-electron chi connectivity index (χ2n) is 6.22. The minimum absolute atomic E-state index is 0.163. The smallest absolute Gasteiger partial charge is 0.341 e. The molecule has 0 fully saturated rings. The highest BCUT2D eigenvalue weighted by atomic mass is 16.5. The zero-order valence-electron chi connectivity index (χ0n) is 16.0. The van der Waals surface area contributed by atoms with Gasteiger partial charge in [0.1, 0.15) is 11.5 Å². The van der Waals surface area contributed by atoms with E-state index in [2.05, 4.69) is 10.5 Å². The van der Waals surface area contributed by atoms with Gasteiger partial charge in [-0.15, -0.1) is 0 Å². The van der Waals surface area contributed by atoms with Gasteiger partial charge in [0.05, 0.1) is 6.21 Å². The Balaban J connectivity index is 1.43. The number of hydrazone groups is 1. The lowest BCUT2D eigenvalue weighted by Gasteiger charge is -2.06. The standard InChI is InChI=1S/C23H20N2O5/c26-22(25-24-14-17-6-10-20(11-7-17)30-16-23(27)28)15-29-21-12-8-19(9-13-21)18-4-2-1-3-5-18/h1-14H,15-16H2,(H,25,26)(H,27,28)/b24-14-. The Labute approximate surface area is 173 Å². The first kappa shape index (κ1) is 20.6. The number of hydrogen-bond donors (Lipinski definition) is 2. The molecule has 3 rings (SSSR count). The summed E-state index contributed by atoms with van der Waals surface area (Å²) in [6, 6.07) is 24.1. The third kappa shape index (κ3) is 6.49. The van der Waals surface area contributed by atoms with Crippen LogP contribution < -0.4 is 14.9 Å². The number of rotatable bonds is 9. The average Bonchev–Trinajstić information content (AvgIpc) is 2.78. The maximum atomic E-state index is 11.9. The summed E-state index contributed by atoms with van der Waals surface area (Å²) in [5, 5.41) is 12.4. The molecule has 7 nitrogen and oxygen atoms in total. The van der Waals surface area contributed by atoms with Gasteiger partial charge < -0.3 is 14.6 Å². The number of carboxylic acids is 1. The number of nitrogens with zero attached hydrogens (tertiary/aromatic N) is 1. The molecule has 1 amide bonds. The lowest BCUT2D eigenvalue weighted by atomic mass is 10.1. The van der Waals surface area contributed by atoms with E-state index in [4.69, 9.17) is 14.6 Å². The largest absolute Gasteiger partial charge is 0.484 e. The molecule has 152 valence electrons. The van der Waals surface area contributed by atoms with Crippen LogP contribution in [0.15, 0.2) is 84.0 Å². The number of carboxylic acid groups (broad SMARTS) is 1. The van der Waals surface area contributed by atoms with Crippen LogP contribution in [0.3, 0.4) is 0 Å². The van der Waals surface area contributed by atoms with Crippen molar-refractivity contribution in [3.63, 3.8) is 0 Å². The zero-order chi connectivity index (χ0) is 21.2. The predicted octanol–water partition coefficient (Wildman–Crippen LogP) is 3.35. The number of hydrogen-bond acceptors (Lipinski definition) is 5. The highest BCUT2D eigenvalue weighted by Gasteiger charge is 2.03. The number of ether oxygens (including phenoxy) is 2. The van der Waals surface area contributed by atoms with Crippen LogP contribution in [0.4, 0.5) is 0 Å². The normalized spacial score (nSPS) is 10.5. The molecule has 0 unspecified atom stereocenters. The second kappa shape index (κ2) is 10.4. The fourth-order valence-electron chi connectivity index (χ4n) is 2.53. The summed E-state index contributed by atoms with van der Waals surface area (Å²) in [6.45, 7) is -0.567. The van der Waals surface area contributed by atoms with E-state index in [0.29, 0.717) is 11.5 Å². The fraction of sp³-hybridized carbons (Fsp3) is 0.0870. The van der Waals surface area contributed by atoms with Crippen LogP contribution in [0.5, 0.6) is 11.5 Å². The van der Waals surface area contributed by atoms with Crippen LogP contribution >= 0.6 is 0 Å². The van der Waals surface area contributed by atoms with Gasteiger partial charge in [-0.2, -0.15) is 5.10 Å². The highest BCUT2D eigenvalue weighted by molar-refractivity contribution is 5.83. The Hall–Kier alpha value is -4.13. The first-order valence-electron chi connectivity index (χ1n) is 9.15. The predicted molar refractivity (Wildman–Crippen MR) is 113 cm³/mol. The van der Waals surface area contributed by atoms with Crippen molar-refractivity contribution in [3.05, 3.63) is 84.4 Å². The molecule has 0 heterocycles. The van der Waals surface area contributed by atoms with Gasteiger partial charge in [-0.1, -0.05) is 42.5 Å². The molecule has 0 bridgehead atoms. The summed E-state index contributed by atoms with van der Waals surface area (Å²) in [5.74, 6) is -0.409. The molecule has 2 N–H and O–H groups in total. The van der Waals surface area contributed by atoms with Crippen LogP contribution in [0, 0.1) is 0 Å². The van der Waals surface area contributed by atoms with Crippen molar-refractivity contribution in [2.45, 2.75) is 0 Å². The Bertz CT molecular complexity index is 1000. The molecular weight excluding hydrogens is 384 g/mol. The molecule has 0 aliphatic rings. The molecule has 3 aromatic carbocycles. The first-order valence-corrected chi connectivity index (χ1v) is 9.15. The van der Waals surface area contributed by atoms with Crippen LogP contribution in [-0.4, -0.2) is 36.4 Å². The van der Waals surface area contributed by atoms with Crippen molar-refractivity contribution in [2.75, 3.05) is 13.2 Å². The third-order valence-corrected chi connectivity index (χ3v) is 3.98. The van der Waals surface area contributed by atoms with Gasteiger partial charge in [0.15, 0.2) is 13.2 Å². The molecule has 30 heavy (non-hydrogen) atoms. The van der Waals surface area contributed by atoms with Crippen LogP contribution in [0.1, 0.15) is 5.56 Å². The van der Waals surface area contributed by atoms with E-state index in [1.807, 2.05) is 54.6 Å². The summed E-state index contributed by atoms with van der Waals surface area (Å²) < 4.78 is 10.5. The fourth-order valence-corrected chi connectivity index (χ4v) is 2.53. The summed E-state index contributed by atoms with van der Waals surface area (Å²) >= 11 is 0. The summed E-state index contributed by atoms with van der Waals surface area (Å²) in [7, 11) is 0. The van der Waals surface area contributed by atoms with E-state index in [0.717, 1.165) is 16.7 Å². The molecule has 0 saturated carbocycles. The SMILES string of the molecule is O=C(O)COc1ccc(/C=N\NC(=O)COc2ccc(-c3ccccc3)cc2)cc1. The number of aliphatic carboxylic acids is 1. The van der Waals surface area contributed by atoms with E-state index in [1.54, 1.807) is 24.3 Å². The average molecular weight is 404 g/mol. The van der Waals surface area contributed by atoms with E-state index in [9.17, 15) is 9.59 Å². The maximum absolute atomic E-state index is 11.9. The molecule has 3 aromatic rings. The monoisotopic (exact) mass is 404 g/mol. The molecule has 0 radical (unpaired) electrons. The van der Waals surface area contributed by atoms with E-state index >= 15 is 0 Å². The van der Waals surface area contributed by atoms with Gasteiger partial charge in [0, 0.05) is 0 Å². The number of nitrogens with one attached hydrogen (secondary N) is 1. The third-order valence-electron chi connectivity index (χ3n) is 3.98. The molecule has 0 aliphatic carbocycles. The lowest BCUT2D eigenvalue weighted by Crippen LogP contribution is -2.24. The van der Waals surface area contributed by atoms with Gasteiger partial charge >= 0.3 is 5.97 Å². The van der Waals surface area contributed by atoms with Crippen LogP contribution in [0.2, 0.25) is 0 Å². The number of amides is 1. The molecule has 0 atom stereocenters. The summed E-state index contributed by atoms with van der Waals surface area (Å²) in [4.78, 5) is 22.3. The zero-order valence-corrected chi connectivity index (χ0v) is 16.0. The van der Waals surface area contributed by atoms with E-state index < -0.39 is 12.6 Å². The molecule has 0 spiro atoms. The Morgan fingerprint density at radius 3 is 2.00 bits per heavy atom. The van der Waals surface area contributed by atoms with Gasteiger partial charge in [-0.05, 0) is 53.1 Å². The number of carbonyl (C=O) groups is 2. The van der Waals surface area contributed by atoms with Gasteiger partial charge in [0.2, 0.25) is 0 Å². The van der Waals surface area contributed by atoms with Crippen LogP contribution in [-0.2, 0) is 9.59 Å². The molecule has 0 aliphatic heterocycles. The minimum Gasteiger partial charge on any atom is -0.484 e. The molecular formula is C23H20N2O5. The highest BCUT2D eigenvalue weighted by Crippen LogP contribution is 2.21. The van der Waals surface area contributed by atoms with Crippen molar-refractivity contribution >= 4 is 18.1 Å². The molecule has 7 heteroatoms. The van der Waals surface area contributed by atoms with Crippen molar-refractivity contribution in [1.29, 1.82) is 0 Å². The van der Waals surface area contributed by atoms with Crippen molar-refractivity contribution in [1.82, 2.24) is 5.43 Å². The van der Waals surface area contributed by atoms with E-state index in [1.165, 1.54) is 6.21 Å². The maximum Gasteiger partial charge on any atom is 0.341 e. The Morgan fingerprint density at radius 1 is 0.800 bits per heavy atom. The summed E-state index contributed by atoms with van der Waals surface area (Å²) in [6.07, 6.45) is 1.47. The number of benzene rings is 3. The van der Waals surface area contributed by atoms with Gasteiger partial charge in [-0.25, -0.2) is 10.2 Å². The van der Waals surface area contributed by atoms with Crippen molar-refractivity contribution < 1.29 is 24.2 Å². The van der Waals surface area contributed by atoms with Crippen LogP contribution in [0.25, 0.3) is 11.1 Å². The minimum atomic E-state index is -1.04.